The van der Waals surface area contributed by atoms with Crippen LogP contribution in [0.4, 0.5) is 17.6 Å². The number of amides is 1. The van der Waals surface area contributed by atoms with Crippen molar-refractivity contribution in [2.75, 3.05) is 0 Å². The molecule has 1 atom stereocenters. The van der Waals surface area contributed by atoms with Gasteiger partial charge in [0.2, 0.25) is 5.72 Å². The second-order valence-electron chi connectivity index (χ2n) is 4.74. The number of hydrogen-bond acceptors (Lipinski definition) is 4. The number of rotatable bonds is 3. The van der Waals surface area contributed by atoms with Crippen LogP contribution in [0.2, 0.25) is 0 Å². The zero-order valence-electron chi connectivity index (χ0n) is 11.4. The number of hydrogen-bond donors (Lipinski definition) is 1. The summed E-state index contributed by atoms with van der Waals surface area (Å²) < 4.78 is 53.0. The minimum atomic E-state index is -3.47. The number of hydrazone groups is 1. The Bertz CT molecular complexity index is 648. The summed E-state index contributed by atoms with van der Waals surface area (Å²) in [7, 11) is 1.51. The van der Waals surface area contributed by atoms with Gasteiger partial charge in [0.05, 0.1) is 10.2 Å². The van der Waals surface area contributed by atoms with E-state index in [1.165, 1.54) is 11.7 Å². The van der Waals surface area contributed by atoms with E-state index in [0.717, 1.165) is 0 Å². The van der Waals surface area contributed by atoms with Gasteiger partial charge in [-0.2, -0.15) is 15.2 Å². The molecule has 122 valence electrons. The molecule has 1 aliphatic rings. The maximum Gasteiger partial charge on any atom is 0.298 e. The molecule has 0 spiro atoms. The highest BCUT2D eigenvalue weighted by Crippen LogP contribution is 2.35. The fourth-order valence-corrected chi connectivity index (χ4v) is 2.43. The number of aromatic nitrogens is 2. The summed E-state index contributed by atoms with van der Waals surface area (Å²) in [4.78, 5) is 12.3. The van der Waals surface area contributed by atoms with Gasteiger partial charge < -0.3 is 5.11 Å². The number of aryl methyl sites for hydroxylation is 1. The first kappa shape index (κ1) is 16.9. The third-order valence-corrected chi connectivity index (χ3v) is 4.24. The molecule has 0 aliphatic carbocycles. The Morgan fingerprint density at radius 3 is 2.41 bits per heavy atom. The van der Waals surface area contributed by atoms with E-state index in [1.807, 2.05) is 0 Å². The predicted octanol–water partition coefficient (Wildman–Crippen LogP) is 1.91. The Balaban J connectivity index is 2.47. The Morgan fingerprint density at radius 2 is 2.00 bits per heavy atom. The van der Waals surface area contributed by atoms with Crippen LogP contribution in [0, 0.1) is 6.92 Å². The van der Waals surface area contributed by atoms with Crippen LogP contribution in [0.25, 0.3) is 0 Å². The lowest BCUT2D eigenvalue weighted by atomic mass is 10.1. The smallest absolute Gasteiger partial charge is 0.298 e. The highest BCUT2D eigenvalue weighted by molar-refractivity contribution is 9.10. The Morgan fingerprint density at radius 1 is 1.41 bits per heavy atom. The highest BCUT2D eigenvalue weighted by Gasteiger charge is 2.54. The predicted molar refractivity (Wildman–Crippen MR) is 70.8 cm³/mol. The molecular weight excluding hydrogens is 376 g/mol. The molecule has 0 saturated heterocycles. The topological polar surface area (TPSA) is 70.7 Å². The van der Waals surface area contributed by atoms with E-state index in [9.17, 15) is 27.5 Å². The molecule has 2 heterocycles. The van der Waals surface area contributed by atoms with Crippen LogP contribution in [0.3, 0.4) is 0 Å². The van der Waals surface area contributed by atoms with Crippen LogP contribution in [0.5, 0.6) is 0 Å². The van der Waals surface area contributed by atoms with Gasteiger partial charge in [-0.15, -0.1) is 0 Å². The van der Waals surface area contributed by atoms with E-state index in [0.29, 0.717) is 5.69 Å². The monoisotopic (exact) mass is 386 g/mol. The molecule has 1 amide bonds. The van der Waals surface area contributed by atoms with Crippen LogP contribution < -0.4 is 0 Å². The number of carbonyl (C=O) groups excluding carboxylic acids is 1. The molecule has 22 heavy (non-hydrogen) atoms. The standard InChI is InChI=1S/C11H11BrF4N4O2/c1-4-6(12)7(18-19(4)2)9(21)20-11(22,10(15)16)3-5(17-20)8(13)14/h8,10,22H,3H2,1-2H3/t11-/m0/s1. The summed E-state index contributed by atoms with van der Waals surface area (Å²) in [5.74, 6) is -1.20. The summed E-state index contributed by atoms with van der Waals surface area (Å²) in [6.07, 6.45) is -7.76. The second kappa shape index (κ2) is 5.61. The number of aliphatic hydroxyl groups is 1. The maximum atomic E-state index is 13.1. The summed E-state index contributed by atoms with van der Waals surface area (Å²) >= 11 is 3.07. The summed E-state index contributed by atoms with van der Waals surface area (Å²) in [6, 6.07) is 0. The van der Waals surface area contributed by atoms with Gasteiger partial charge in [-0.3, -0.25) is 9.48 Å². The number of nitrogens with zero attached hydrogens (tertiary/aromatic N) is 4. The van der Waals surface area contributed by atoms with Gasteiger partial charge in [0.25, 0.3) is 18.8 Å². The lowest BCUT2D eigenvalue weighted by Crippen LogP contribution is -2.51. The van der Waals surface area contributed by atoms with Crippen molar-refractivity contribution in [2.45, 2.75) is 31.9 Å². The van der Waals surface area contributed by atoms with Crippen LogP contribution in [-0.2, 0) is 7.05 Å². The fourth-order valence-electron chi connectivity index (χ4n) is 1.92. The molecule has 0 aromatic carbocycles. The van der Waals surface area contributed by atoms with Crippen molar-refractivity contribution in [3.8, 4) is 0 Å². The molecule has 11 heteroatoms. The molecule has 2 rings (SSSR count). The maximum absolute atomic E-state index is 13.1. The number of alkyl halides is 4. The molecule has 1 aliphatic heterocycles. The van der Waals surface area contributed by atoms with Crippen molar-refractivity contribution in [1.82, 2.24) is 14.8 Å². The molecule has 0 bridgehead atoms. The molecule has 0 radical (unpaired) electrons. The lowest BCUT2D eigenvalue weighted by molar-refractivity contribution is -0.164. The average molecular weight is 387 g/mol. The Hall–Kier alpha value is -1.49. The first-order valence-electron chi connectivity index (χ1n) is 5.99. The van der Waals surface area contributed by atoms with Gasteiger partial charge in [-0.25, -0.2) is 17.6 Å². The Kier molecular flexibility index (Phi) is 4.30. The minimum Gasteiger partial charge on any atom is -0.364 e. The lowest BCUT2D eigenvalue weighted by Gasteiger charge is -2.29. The molecule has 0 fully saturated rings. The van der Waals surface area contributed by atoms with Crippen molar-refractivity contribution >= 4 is 27.5 Å². The minimum absolute atomic E-state index is 0.0221. The van der Waals surface area contributed by atoms with Gasteiger partial charge in [0.1, 0.15) is 5.71 Å². The summed E-state index contributed by atoms with van der Waals surface area (Å²) in [5, 5.41) is 16.9. The van der Waals surface area contributed by atoms with E-state index in [1.54, 1.807) is 6.92 Å². The van der Waals surface area contributed by atoms with Crippen LogP contribution in [0.1, 0.15) is 22.6 Å². The molecule has 1 N–H and O–H groups in total. The third kappa shape index (κ3) is 2.51. The van der Waals surface area contributed by atoms with E-state index >= 15 is 0 Å². The largest absolute Gasteiger partial charge is 0.364 e. The van der Waals surface area contributed by atoms with Crippen molar-refractivity contribution in [3.05, 3.63) is 15.9 Å². The normalized spacial score (nSPS) is 21.9. The van der Waals surface area contributed by atoms with Crippen LogP contribution in [0.15, 0.2) is 9.57 Å². The molecule has 0 unspecified atom stereocenters. The van der Waals surface area contributed by atoms with E-state index in [4.69, 9.17) is 0 Å². The molecule has 1 aromatic heterocycles. The van der Waals surface area contributed by atoms with Crippen LogP contribution >= 0.6 is 15.9 Å². The van der Waals surface area contributed by atoms with Crippen molar-refractivity contribution < 1.29 is 27.5 Å². The quantitative estimate of drug-likeness (QED) is 0.806. The van der Waals surface area contributed by atoms with Crippen LogP contribution in [-0.4, -0.2) is 50.1 Å². The van der Waals surface area contributed by atoms with Gasteiger partial charge in [-0.1, -0.05) is 0 Å². The SMILES string of the molecule is Cc1c(Br)c(C(=O)N2N=C(C(F)F)C[C@]2(O)C(F)F)nn1C. The molecule has 0 saturated carbocycles. The van der Waals surface area contributed by atoms with Gasteiger partial charge in [-0.05, 0) is 22.9 Å². The summed E-state index contributed by atoms with van der Waals surface area (Å²) in [6.45, 7) is 1.60. The van der Waals surface area contributed by atoms with Crippen molar-refractivity contribution in [2.24, 2.45) is 12.1 Å². The van der Waals surface area contributed by atoms with Crippen molar-refractivity contribution in [3.63, 3.8) is 0 Å². The van der Waals surface area contributed by atoms with Gasteiger partial charge in [0.15, 0.2) is 5.69 Å². The average Bonchev–Trinajstić information content (AvgIpc) is 2.92. The van der Waals surface area contributed by atoms with Gasteiger partial charge >= 0.3 is 0 Å². The third-order valence-electron chi connectivity index (χ3n) is 3.29. The Labute approximate surface area is 130 Å². The molecule has 1 aromatic rings. The molecule has 6 nitrogen and oxygen atoms in total. The zero-order valence-corrected chi connectivity index (χ0v) is 13.0. The van der Waals surface area contributed by atoms with E-state index in [2.05, 4.69) is 26.1 Å². The van der Waals surface area contributed by atoms with Gasteiger partial charge in [0, 0.05) is 13.5 Å². The number of carbonyl (C=O) groups is 1. The summed E-state index contributed by atoms with van der Waals surface area (Å²) in [5.41, 5.74) is -3.90. The fraction of sp³-hybridized carbons (Fsp3) is 0.545. The zero-order chi connectivity index (χ0) is 16.8. The van der Waals surface area contributed by atoms with Crippen molar-refractivity contribution in [1.29, 1.82) is 0 Å². The van der Waals surface area contributed by atoms with E-state index < -0.39 is 36.6 Å². The first-order chi connectivity index (χ1) is 10.1. The second-order valence-corrected chi connectivity index (χ2v) is 5.53. The number of halogens is 5. The van der Waals surface area contributed by atoms with E-state index in [-0.39, 0.29) is 15.2 Å². The molecular formula is C11H11BrF4N4O2. The first-order valence-corrected chi connectivity index (χ1v) is 6.78. The highest BCUT2D eigenvalue weighted by atomic mass is 79.9.